The van der Waals surface area contributed by atoms with Crippen LogP contribution in [0.5, 0.6) is 0 Å². The number of carbonyl (C=O) groups excluding carboxylic acids is 1. The first-order valence-corrected chi connectivity index (χ1v) is 8.08. The maximum atomic E-state index is 12.3. The third-order valence-corrected chi connectivity index (χ3v) is 4.07. The van der Waals surface area contributed by atoms with Crippen LogP contribution in [0.15, 0.2) is 24.5 Å². The smallest absolute Gasteiger partial charge is 0.315 e. The first kappa shape index (κ1) is 15.5. The number of carbonyl (C=O) groups is 1. The molecule has 0 spiro atoms. The quantitative estimate of drug-likeness (QED) is 0.905. The Morgan fingerprint density at radius 1 is 1.52 bits per heavy atom. The van der Waals surface area contributed by atoms with Crippen LogP contribution in [0.1, 0.15) is 56.0 Å². The molecule has 7 heteroatoms. The van der Waals surface area contributed by atoms with Crippen LogP contribution in [0.4, 0.5) is 4.79 Å². The van der Waals surface area contributed by atoms with Gasteiger partial charge < -0.3 is 10.6 Å². The van der Waals surface area contributed by atoms with Gasteiger partial charge in [0.2, 0.25) is 0 Å². The molecular weight excluding hydrogens is 292 g/mol. The Kier molecular flexibility index (Phi) is 4.55. The average Bonchev–Trinajstić information content (AvgIpc) is 3.00. The summed E-state index contributed by atoms with van der Waals surface area (Å²) in [6, 6.07) is 3.43. The fourth-order valence-corrected chi connectivity index (χ4v) is 2.80. The van der Waals surface area contributed by atoms with Crippen LogP contribution in [-0.2, 0) is 13.0 Å². The Morgan fingerprint density at radius 3 is 3.13 bits per heavy atom. The van der Waals surface area contributed by atoms with Gasteiger partial charge >= 0.3 is 6.03 Å². The van der Waals surface area contributed by atoms with Gasteiger partial charge in [0.05, 0.1) is 12.1 Å². The molecule has 0 radical (unpaired) electrons. The molecule has 0 fully saturated rings. The third kappa shape index (κ3) is 3.49. The van der Waals surface area contributed by atoms with E-state index in [-0.39, 0.29) is 18.1 Å². The van der Waals surface area contributed by atoms with Gasteiger partial charge in [0.25, 0.3) is 0 Å². The summed E-state index contributed by atoms with van der Waals surface area (Å²) in [5, 5.41) is 10.4. The molecule has 0 aromatic carbocycles. The van der Waals surface area contributed by atoms with Crippen molar-refractivity contribution in [3.05, 3.63) is 41.7 Å². The highest BCUT2D eigenvalue weighted by molar-refractivity contribution is 5.74. The first-order chi connectivity index (χ1) is 11.2. The number of hydrogen-bond acceptors (Lipinski definition) is 4. The minimum absolute atomic E-state index is 0.0855. The van der Waals surface area contributed by atoms with E-state index >= 15 is 0 Å². The summed E-state index contributed by atoms with van der Waals surface area (Å²) >= 11 is 0. The Hall–Kier alpha value is -2.44. The van der Waals surface area contributed by atoms with Gasteiger partial charge in [0.15, 0.2) is 5.82 Å². The predicted molar refractivity (Wildman–Crippen MR) is 85.7 cm³/mol. The van der Waals surface area contributed by atoms with Gasteiger partial charge in [-0.2, -0.15) is 5.10 Å². The summed E-state index contributed by atoms with van der Waals surface area (Å²) in [7, 11) is 0. The predicted octanol–water partition coefficient (Wildman–Crippen LogP) is 2.13. The molecule has 23 heavy (non-hydrogen) atoms. The fraction of sp³-hybridized carbons (Fsp3) is 0.500. The molecule has 2 aromatic rings. The SMILES string of the molecule is CCc1nc2n(n1)CCC[C@@H]2NC(=O)N[C@H](C)c1cccnc1. The van der Waals surface area contributed by atoms with E-state index < -0.39 is 0 Å². The largest absolute Gasteiger partial charge is 0.332 e. The van der Waals surface area contributed by atoms with E-state index in [0.29, 0.717) is 0 Å². The number of rotatable bonds is 4. The van der Waals surface area contributed by atoms with Crippen LogP contribution >= 0.6 is 0 Å². The van der Waals surface area contributed by atoms with Gasteiger partial charge in [0.1, 0.15) is 5.82 Å². The molecule has 0 aliphatic carbocycles. The number of hydrogen-bond donors (Lipinski definition) is 2. The number of aromatic nitrogens is 4. The average molecular weight is 314 g/mol. The molecule has 122 valence electrons. The highest BCUT2D eigenvalue weighted by Gasteiger charge is 2.25. The van der Waals surface area contributed by atoms with Crippen molar-refractivity contribution in [1.29, 1.82) is 0 Å². The van der Waals surface area contributed by atoms with Gasteiger partial charge in [-0.05, 0) is 31.4 Å². The highest BCUT2D eigenvalue weighted by atomic mass is 16.2. The van der Waals surface area contributed by atoms with Gasteiger partial charge in [-0.1, -0.05) is 13.0 Å². The molecule has 0 saturated heterocycles. The molecular formula is C16H22N6O. The van der Waals surface area contributed by atoms with E-state index in [0.717, 1.165) is 43.0 Å². The lowest BCUT2D eigenvalue weighted by atomic mass is 10.1. The molecule has 2 aromatic heterocycles. The van der Waals surface area contributed by atoms with Crippen molar-refractivity contribution in [1.82, 2.24) is 30.4 Å². The summed E-state index contributed by atoms with van der Waals surface area (Å²) in [6.45, 7) is 4.84. The van der Waals surface area contributed by atoms with E-state index in [1.54, 1.807) is 12.4 Å². The van der Waals surface area contributed by atoms with E-state index in [1.165, 1.54) is 0 Å². The Labute approximate surface area is 135 Å². The summed E-state index contributed by atoms with van der Waals surface area (Å²) in [4.78, 5) is 20.9. The second-order valence-electron chi connectivity index (χ2n) is 5.78. The van der Waals surface area contributed by atoms with Crippen molar-refractivity contribution in [3.63, 3.8) is 0 Å². The van der Waals surface area contributed by atoms with Gasteiger partial charge in [-0.15, -0.1) is 0 Å². The second kappa shape index (κ2) is 6.76. The lowest BCUT2D eigenvalue weighted by Crippen LogP contribution is -2.41. The van der Waals surface area contributed by atoms with Crippen LogP contribution in [0.25, 0.3) is 0 Å². The lowest BCUT2D eigenvalue weighted by molar-refractivity contribution is 0.229. The van der Waals surface area contributed by atoms with Crippen molar-refractivity contribution in [2.75, 3.05) is 0 Å². The minimum Gasteiger partial charge on any atom is -0.332 e. The van der Waals surface area contributed by atoms with Crippen molar-refractivity contribution in [3.8, 4) is 0 Å². The molecule has 2 amide bonds. The third-order valence-electron chi connectivity index (χ3n) is 4.07. The number of aryl methyl sites for hydroxylation is 2. The van der Waals surface area contributed by atoms with E-state index in [2.05, 4.69) is 25.7 Å². The molecule has 3 heterocycles. The van der Waals surface area contributed by atoms with Crippen LogP contribution in [0.3, 0.4) is 0 Å². The van der Waals surface area contributed by atoms with Gasteiger partial charge in [-0.3, -0.25) is 4.98 Å². The fourth-order valence-electron chi connectivity index (χ4n) is 2.80. The van der Waals surface area contributed by atoms with Gasteiger partial charge in [-0.25, -0.2) is 14.5 Å². The maximum Gasteiger partial charge on any atom is 0.315 e. The van der Waals surface area contributed by atoms with E-state index in [9.17, 15) is 4.79 Å². The monoisotopic (exact) mass is 314 g/mol. The van der Waals surface area contributed by atoms with Crippen molar-refractivity contribution >= 4 is 6.03 Å². The Balaban J connectivity index is 1.64. The summed E-state index contributed by atoms with van der Waals surface area (Å²) < 4.78 is 1.91. The van der Waals surface area contributed by atoms with Crippen LogP contribution in [0.2, 0.25) is 0 Å². The molecule has 0 unspecified atom stereocenters. The standard InChI is InChI=1S/C16H22N6O/c1-3-14-20-15-13(7-5-9-22(15)21-14)19-16(23)18-11(2)12-6-4-8-17-10-12/h4,6,8,10-11,13H,3,5,7,9H2,1-2H3,(H2,18,19,23)/t11-,13+/m1/s1. The molecule has 0 bridgehead atoms. The highest BCUT2D eigenvalue weighted by Crippen LogP contribution is 2.23. The zero-order valence-corrected chi connectivity index (χ0v) is 13.5. The lowest BCUT2D eigenvalue weighted by Gasteiger charge is -2.24. The zero-order valence-electron chi connectivity index (χ0n) is 13.5. The van der Waals surface area contributed by atoms with Crippen molar-refractivity contribution in [2.45, 2.75) is 51.7 Å². The number of urea groups is 1. The van der Waals surface area contributed by atoms with Crippen molar-refractivity contribution < 1.29 is 4.79 Å². The van der Waals surface area contributed by atoms with Crippen molar-refractivity contribution in [2.24, 2.45) is 0 Å². The van der Waals surface area contributed by atoms with Crippen LogP contribution < -0.4 is 10.6 Å². The molecule has 7 nitrogen and oxygen atoms in total. The maximum absolute atomic E-state index is 12.3. The number of amides is 2. The summed E-state index contributed by atoms with van der Waals surface area (Å²) in [5.41, 5.74) is 0.975. The number of fused-ring (bicyclic) bond motifs is 1. The Bertz CT molecular complexity index is 668. The molecule has 3 rings (SSSR count). The molecule has 1 aliphatic heterocycles. The number of nitrogens with zero attached hydrogens (tertiary/aromatic N) is 4. The summed E-state index contributed by atoms with van der Waals surface area (Å²) in [5.74, 6) is 1.69. The second-order valence-corrected chi connectivity index (χ2v) is 5.78. The number of nitrogens with one attached hydrogen (secondary N) is 2. The van der Waals surface area contributed by atoms with E-state index in [4.69, 9.17) is 0 Å². The molecule has 2 atom stereocenters. The van der Waals surface area contributed by atoms with Gasteiger partial charge in [0, 0.05) is 25.4 Å². The van der Waals surface area contributed by atoms with Crippen LogP contribution in [0, 0.1) is 0 Å². The molecule has 0 saturated carbocycles. The normalized spacial score (nSPS) is 18.1. The first-order valence-electron chi connectivity index (χ1n) is 8.08. The molecule has 1 aliphatic rings. The number of pyridine rings is 1. The minimum atomic E-state index is -0.194. The van der Waals surface area contributed by atoms with E-state index in [1.807, 2.05) is 30.7 Å². The Morgan fingerprint density at radius 2 is 2.39 bits per heavy atom. The summed E-state index contributed by atoms with van der Waals surface area (Å²) in [6.07, 6.45) is 6.16. The topological polar surface area (TPSA) is 84.7 Å². The zero-order chi connectivity index (χ0) is 16.2. The molecule has 2 N–H and O–H groups in total. The van der Waals surface area contributed by atoms with Crippen LogP contribution in [-0.4, -0.2) is 25.8 Å².